The van der Waals surface area contributed by atoms with Gasteiger partial charge in [0.2, 0.25) is 0 Å². The SMILES string of the molecule is O=C(NCC1(N2CCOCC2)CCCCC1)c1ccc(Br)cc1. The van der Waals surface area contributed by atoms with Crippen molar-refractivity contribution in [3.05, 3.63) is 34.3 Å². The number of amides is 1. The number of hydrogen-bond donors (Lipinski definition) is 1. The molecule has 5 heteroatoms. The molecule has 0 bridgehead atoms. The van der Waals surface area contributed by atoms with E-state index in [0.717, 1.165) is 42.9 Å². The first kappa shape index (κ1) is 16.9. The second-order valence-electron chi connectivity index (χ2n) is 6.57. The van der Waals surface area contributed by atoms with Crippen molar-refractivity contribution in [2.24, 2.45) is 0 Å². The van der Waals surface area contributed by atoms with Crippen molar-refractivity contribution >= 4 is 21.8 Å². The van der Waals surface area contributed by atoms with E-state index in [0.29, 0.717) is 0 Å². The molecule has 1 saturated heterocycles. The Morgan fingerprint density at radius 3 is 2.43 bits per heavy atom. The van der Waals surface area contributed by atoms with Crippen molar-refractivity contribution in [3.63, 3.8) is 0 Å². The summed E-state index contributed by atoms with van der Waals surface area (Å²) in [5, 5.41) is 3.19. The maximum absolute atomic E-state index is 12.5. The molecule has 1 aliphatic heterocycles. The lowest BCUT2D eigenvalue weighted by atomic mass is 9.79. The number of ether oxygens (including phenoxy) is 1. The number of hydrogen-bond acceptors (Lipinski definition) is 3. The molecule has 0 atom stereocenters. The van der Waals surface area contributed by atoms with E-state index in [1.54, 1.807) is 0 Å². The minimum atomic E-state index is 0.0238. The molecule has 0 spiro atoms. The van der Waals surface area contributed by atoms with Crippen LogP contribution in [0.4, 0.5) is 0 Å². The number of morpholine rings is 1. The number of nitrogens with zero attached hydrogens (tertiary/aromatic N) is 1. The van der Waals surface area contributed by atoms with Gasteiger partial charge in [-0.1, -0.05) is 35.2 Å². The van der Waals surface area contributed by atoms with Gasteiger partial charge in [0.25, 0.3) is 5.91 Å². The van der Waals surface area contributed by atoms with Crippen LogP contribution in [-0.4, -0.2) is 49.2 Å². The molecule has 1 heterocycles. The van der Waals surface area contributed by atoms with Crippen molar-refractivity contribution in [3.8, 4) is 0 Å². The fraction of sp³-hybridized carbons (Fsp3) is 0.611. The third kappa shape index (κ3) is 4.14. The van der Waals surface area contributed by atoms with Crippen LogP contribution in [0.1, 0.15) is 42.5 Å². The van der Waals surface area contributed by atoms with E-state index in [9.17, 15) is 4.79 Å². The first-order valence-electron chi connectivity index (χ1n) is 8.56. The Hall–Kier alpha value is -0.910. The van der Waals surface area contributed by atoms with Crippen LogP contribution in [-0.2, 0) is 4.74 Å². The Labute approximate surface area is 146 Å². The largest absolute Gasteiger partial charge is 0.379 e. The van der Waals surface area contributed by atoms with Crippen LogP contribution in [0, 0.1) is 0 Å². The molecule has 126 valence electrons. The molecule has 2 fully saturated rings. The molecule has 0 unspecified atom stereocenters. The molecule has 1 amide bonds. The number of nitrogens with one attached hydrogen (secondary N) is 1. The molecular formula is C18H25BrN2O2. The zero-order valence-corrected chi connectivity index (χ0v) is 15.1. The summed E-state index contributed by atoms with van der Waals surface area (Å²) < 4.78 is 6.50. The van der Waals surface area contributed by atoms with Gasteiger partial charge in [-0.2, -0.15) is 0 Å². The first-order chi connectivity index (χ1) is 11.2. The monoisotopic (exact) mass is 380 g/mol. The Bertz CT molecular complexity index is 520. The fourth-order valence-corrected chi connectivity index (χ4v) is 4.06. The van der Waals surface area contributed by atoms with Crippen molar-refractivity contribution in [2.45, 2.75) is 37.6 Å². The Morgan fingerprint density at radius 1 is 1.13 bits per heavy atom. The minimum Gasteiger partial charge on any atom is -0.379 e. The van der Waals surface area contributed by atoms with Crippen LogP contribution in [0.3, 0.4) is 0 Å². The number of carbonyl (C=O) groups excluding carboxylic acids is 1. The summed E-state index contributed by atoms with van der Waals surface area (Å²) in [5.74, 6) is 0.0238. The Morgan fingerprint density at radius 2 is 1.78 bits per heavy atom. The third-order valence-corrected chi connectivity index (χ3v) is 5.68. The third-order valence-electron chi connectivity index (χ3n) is 5.15. The van der Waals surface area contributed by atoms with Gasteiger partial charge in [-0.25, -0.2) is 0 Å². The molecule has 1 saturated carbocycles. The van der Waals surface area contributed by atoms with E-state index < -0.39 is 0 Å². The summed E-state index contributed by atoms with van der Waals surface area (Å²) in [6.07, 6.45) is 6.17. The molecule has 1 aliphatic carbocycles. The molecule has 2 aliphatic rings. The zero-order chi connectivity index (χ0) is 16.1. The highest BCUT2D eigenvalue weighted by molar-refractivity contribution is 9.10. The average Bonchev–Trinajstić information content (AvgIpc) is 2.62. The van der Waals surface area contributed by atoms with Gasteiger partial charge >= 0.3 is 0 Å². The normalized spacial score (nSPS) is 21.8. The quantitative estimate of drug-likeness (QED) is 0.871. The van der Waals surface area contributed by atoms with Crippen LogP contribution in [0.25, 0.3) is 0 Å². The highest BCUT2D eigenvalue weighted by atomic mass is 79.9. The summed E-state index contributed by atoms with van der Waals surface area (Å²) in [7, 11) is 0. The highest BCUT2D eigenvalue weighted by Gasteiger charge is 2.38. The summed E-state index contributed by atoms with van der Waals surface area (Å²) in [4.78, 5) is 15.0. The molecule has 3 rings (SSSR count). The molecule has 1 N–H and O–H groups in total. The topological polar surface area (TPSA) is 41.6 Å². The smallest absolute Gasteiger partial charge is 0.251 e. The number of carbonyl (C=O) groups is 1. The average molecular weight is 381 g/mol. The van der Waals surface area contributed by atoms with E-state index >= 15 is 0 Å². The standard InChI is InChI=1S/C18H25BrN2O2/c19-16-6-4-15(5-7-16)17(22)20-14-18(8-2-1-3-9-18)21-10-12-23-13-11-21/h4-7H,1-3,8-14H2,(H,20,22). The predicted molar refractivity (Wildman–Crippen MR) is 94.7 cm³/mol. The van der Waals surface area contributed by atoms with Crippen LogP contribution in [0.15, 0.2) is 28.7 Å². The Balaban J connectivity index is 1.66. The lowest BCUT2D eigenvalue weighted by molar-refractivity contribution is -0.0361. The fourth-order valence-electron chi connectivity index (χ4n) is 3.80. The van der Waals surface area contributed by atoms with Crippen LogP contribution in [0.2, 0.25) is 0 Å². The second-order valence-corrected chi connectivity index (χ2v) is 7.49. The van der Waals surface area contributed by atoms with Gasteiger partial charge in [-0.3, -0.25) is 9.69 Å². The molecule has 23 heavy (non-hydrogen) atoms. The van der Waals surface area contributed by atoms with Crippen molar-refractivity contribution in [1.82, 2.24) is 10.2 Å². The van der Waals surface area contributed by atoms with Crippen molar-refractivity contribution < 1.29 is 9.53 Å². The molecule has 1 aromatic carbocycles. The number of benzene rings is 1. The second kappa shape index (κ2) is 7.77. The Kier molecular flexibility index (Phi) is 5.72. The summed E-state index contributed by atoms with van der Waals surface area (Å²) >= 11 is 3.41. The molecule has 0 aromatic heterocycles. The van der Waals surface area contributed by atoms with Crippen LogP contribution in [0.5, 0.6) is 0 Å². The number of rotatable bonds is 4. The predicted octanol–water partition coefficient (Wildman–Crippen LogP) is 3.21. The number of halogens is 1. The lowest BCUT2D eigenvalue weighted by Crippen LogP contribution is -2.59. The molecule has 1 aromatic rings. The van der Waals surface area contributed by atoms with E-state index in [-0.39, 0.29) is 11.4 Å². The summed E-state index contributed by atoms with van der Waals surface area (Å²) in [6.45, 7) is 4.31. The molecule has 4 nitrogen and oxygen atoms in total. The minimum absolute atomic E-state index is 0.0238. The van der Waals surface area contributed by atoms with Crippen LogP contribution >= 0.6 is 15.9 Å². The van der Waals surface area contributed by atoms with Gasteiger partial charge < -0.3 is 10.1 Å². The van der Waals surface area contributed by atoms with Gasteiger partial charge in [0, 0.05) is 35.2 Å². The van der Waals surface area contributed by atoms with Crippen LogP contribution < -0.4 is 5.32 Å². The summed E-state index contributed by atoms with van der Waals surface area (Å²) in [5.41, 5.74) is 0.841. The van der Waals surface area contributed by atoms with Gasteiger partial charge in [0.15, 0.2) is 0 Å². The highest BCUT2D eigenvalue weighted by Crippen LogP contribution is 2.34. The van der Waals surface area contributed by atoms with E-state index in [4.69, 9.17) is 4.74 Å². The van der Waals surface area contributed by atoms with Gasteiger partial charge in [-0.15, -0.1) is 0 Å². The lowest BCUT2D eigenvalue weighted by Gasteiger charge is -2.48. The van der Waals surface area contributed by atoms with Crippen molar-refractivity contribution in [2.75, 3.05) is 32.8 Å². The first-order valence-corrected chi connectivity index (χ1v) is 9.36. The van der Waals surface area contributed by atoms with E-state index in [1.165, 1.54) is 32.1 Å². The van der Waals surface area contributed by atoms with Gasteiger partial charge in [0.1, 0.15) is 0 Å². The summed E-state index contributed by atoms with van der Waals surface area (Å²) in [6, 6.07) is 7.55. The van der Waals surface area contributed by atoms with Gasteiger partial charge in [-0.05, 0) is 37.1 Å². The van der Waals surface area contributed by atoms with Crippen molar-refractivity contribution in [1.29, 1.82) is 0 Å². The molecule has 0 radical (unpaired) electrons. The van der Waals surface area contributed by atoms with E-state index in [2.05, 4.69) is 26.1 Å². The zero-order valence-electron chi connectivity index (χ0n) is 13.5. The van der Waals surface area contributed by atoms with Gasteiger partial charge in [0.05, 0.1) is 13.2 Å². The maximum Gasteiger partial charge on any atom is 0.251 e. The maximum atomic E-state index is 12.5. The molecular weight excluding hydrogens is 356 g/mol. The van der Waals surface area contributed by atoms with E-state index in [1.807, 2.05) is 24.3 Å².